The van der Waals surface area contributed by atoms with E-state index in [1.54, 1.807) is 11.8 Å². The molecular formula is C10H18N2O3S. The lowest BCUT2D eigenvalue weighted by Crippen LogP contribution is -2.48. The van der Waals surface area contributed by atoms with Crippen LogP contribution in [0.25, 0.3) is 0 Å². The summed E-state index contributed by atoms with van der Waals surface area (Å²) in [5.74, 6) is -1.03. The Morgan fingerprint density at radius 2 is 2.06 bits per heavy atom. The Kier molecular flexibility index (Phi) is 5.45. The molecule has 92 valence electrons. The zero-order chi connectivity index (χ0) is 12.0. The molecule has 2 atom stereocenters. The fourth-order valence-corrected chi connectivity index (χ4v) is 2.85. The number of amides is 2. The Balaban J connectivity index is 2.33. The molecule has 5 nitrogen and oxygen atoms in total. The third-order valence-corrected chi connectivity index (χ3v) is 3.89. The normalized spacial score (nSPS) is 24.8. The molecule has 2 unspecified atom stereocenters. The molecule has 1 aliphatic carbocycles. The molecule has 0 bridgehead atoms. The molecule has 1 saturated carbocycles. The topological polar surface area (TPSA) is 78.4 Å². The maximum Gasteiger partial charge on any atom is 0.323 e. The van der Waals surface area contributed by atoms with Gasteiger partial charge in [0.15, 0.2) is 0 Å². The second-order valence-electron chi connectivity index (χ2n) is 3.89. The molecule has 0 heterocycles. The van der Waals surface area contributed by atoms with E-state index in [1.807, 2.05) is 6.26 Å². The van der Waals surface area contributed by atoms with Crippen LogP contribution in [0.2, 0.25) is 0 Å². The molecule has 2 amide bonds. The van der Waals surface area contributed by atoms with Crippen molar-refractivity contribution in [2.24, 2.45) is 0 Å². The van der Waals surface area contributed by atoms with Gasteiger partial charge in [-0.1, -0.05) is 12.8 Å². The smallest absolute Gasteiger partial charge is 0.323 e. The van der Waals surface area contributed by atoms with Gasteiger partial charge in [-0.2, -0.15) is 11.8 Å². The molecule has 0 aromatic rings. The van der Waals surface area contributed by atoms with Gasteiger partial charge < -0.3 is 15.7 Å². The van der Waals surface area contributed by atoms with E-state index in [0.717, 1.165) is 19.3 Å². The van der Waals surface area contributed by atoms with Crippen molar-refractivity contribution in [3.05, 3.63) is 0 Å². The van der Waals surface area contributed by atoms with E-state index in [0.29, 0.717) is 5.25 Å². The highest BCUT2D eigenvalue weighted by atomic mass is 32.2. The molecule has 0 aromatic carbocycles. The molecule has 16 heavy (non-hydrogen) atoms. The molecular weight excluding hydrogens is 228 g/mol. The predicted octanol–water partition coefficient (Wildman–Crippen LogP) is 1.04. The quantitative estimate of drug-likeness (QED) is 0.692. The van der Waals surface area contributed by atoms with Crippen molar-refractivity contribution in [1.82, 2.24) is 10.6 Å². The average Bonchev–Trinajstić information content (AvgIpc) is 2.27. The van der Waals surface area contributed by atoms with Crippen LogP contribution >= 0.6 is 11.8 Å². The van der Waals surface area contributed by atoms with Crippen molar-refractivity contribution >= 4 is 23.8 Å². The molecule has 0 radical (unpaired) electrons. The van der Waals surface area contributed by atoms with Gasteiger partial charge in [-0.05, 0) is 19.1 Å². The zero-order valence-corrected chi connectivity index (χ0v) is 10.2. The van der Waals surface area contributed by atoms with E-state index in [1.165, 1.54) is 6.42 Å². The van der Waals surface area contributed by atoms with Gasteiger partial charge in [0.25, 0.3) is 0 Å². The summed E-state index contributed by atoms with van der Waals surface area (Å²) >= 11 is 1.76. The van der Waals surface area contributed by atoms with Crippen LogP contribution in [0.5, 0.6) is 0 Å². The average molecular weight is 246 g/mol. The number of carboxylic acid groups (broad SMARTS) is 1. The van der Waals surface area contributed by atoms with Crippen LogP contribution in [-0.4, -0.2) is 41.2 Å². The van der Waals surface area contributed by atoms with E-state index in [-0.39, 0.29) is 18.6 Å². The van der Waals surface area contributed by atoms with Crippen LogP contribution in [0.1, 0.15) is 25.7 Å². The van der Waals surface area contributed by atoms with Crippen molar-refractivity contribution in [1.29, 1.82) is 0 Å². The number of urea groups is 1. The lowest BCUT2D eigenvalue weighted by molar-refractivity contribution is -0.135. The van der Waals surface area contributed by atoms with Crippen molar-refractivity contribution in [2.75, 3.05) is 12.8 Å². The molecule has 3 N–H and O–H groups in total. The standard InChI is InChI=1S/C10H18N2O3S/c1-16-8-5-3-2-4-7(8)12-10(15)11-6-9(13)14/h7-8H,2-6H2,1H3,(H,13,14)(H2,11,12,15). The Morgan fingerprint density at radius 3 is 2.69 bits per heavy atom. The highest BCUT2D eigenvalue weighted by Gasteiger charge is 2.25. The lowest BCUT2D eigenvalue weighted by atomic mass is 9.95. The maximum absolute atomic E-state index is 11.4. The number of thioether (sulfide) groups is 1. The van der Waals surface area contributed by atoms with Crippen molar-refractivity contribution < 1.29 is 14.7 Å². The zero-order valence-electron chi connectivity index (χ0n) is 9.36. The Hall–Kier alpha value is -0.910. The van der Waals surface area contributed by atoms with E-state index in [2.05, 4.69) is 10.6 Å². The van der Waals surface area contributed by atoms with E-state index < -0.39 is 5.97 Å². The van der Waals surface area contributed by atoms with Gasteiger partial charge in [0.05, 0.1) is 0 Å². The second-order valence-corrected chi connectivity index (χ2v) is 4.96. The third kappa shape index (κ3) is 4.30. The Morgan fingerprint density at radius 1 is 1.38 bits per heavy atom. The van der Waals surface area contributed by atoms with Gasteiger partial charge in [0.1, 0.15) is 6.54 Å². The van der Waals surface area contributed by atoms with Crippen LogP contribution < -0.4 is 10.6 Å². The summed E-state index contributed by atoms with van der Waals surface area (Å²) < 4.78 is 0. The predicted molar refractivity (Wildman–Crippen MR) is 63.7 cm³/mol. The number of carbonyl (C=O) groups is 2. The highest BCUT2D eigenvalue weighted by molar-refractivity contribution is 7.99. The Labute approximate surface area is 99.4 Å². The van der Waals surface area contributed by atoms with Crippen molar-refractivity contribution in [3.63, 3.8) is 0 Å². The first-order chi connectivity index (χ1) is 7.63. The van der Waals surface area contributed by atoms with Gasteiger partial charge in [0, 0.05) is 11.3 Å². The SMILES string of the molecule is CSC1CCCCC1NC(=O)NCC(=O)O. The summed E-state index contributed by atoms with van der Waals surface area (Å²) in [6.07, 6.45) is 6.47. The number of rotatable bonds is 4. The molecule has 0 saturated heterocycles. The van der Waals surface area contributed by atoms with Gasteiger partial charge in [0.2, 0.25) is 0 Å². The summed E-state index contributed by atoms with van der Waals surface area (Å²) in [6.45, 7) is -0.331. The minimum Gasteiger partial charge on any atom is -0.480 e. The molecule has 6 heteroatoms. The van der Waals surface area contributed by atoms with Gasteiger partial charge >= 0.3 is 12.0 Å². The van der Waals surface area contributed by atoms with Gasteiger partial charge in [-0.15, -0.1) is 0 Å². The number of carbonyl (C=O) groups excluding carboxylic acids is 1. The first-order valence-corrected chi connectivity index (χ1v) is 6.71. The first kappa shape index (κ1) is 13.2. The number of hydrogen-bond donors (Lipinski definition) is 3. The van der Waals surface area contributed by atoms with Crippen LogP contribution in [0.4, 0.5) is 4.79 Å². The number of aliphatic carboxylic acids is 1. The maximum atomic E-state index is 11.4. The van der Waals surface area contributed by atoms with Gasteiger partial charge in [-0.25, -0.2) is 4.79 Å². The lowest BCUT2D eigenvalue weighted by Gasteiger charge is -2.30. The summed E-state index contributed by atoms with van der Waals surface area (Å²) in [7, 11) is 0. The summed E-state index contributed by atoms with van der Waals surface area (Å²) in [4.78, 5) is 21.7. The summed E-state index contributed by atoms with van der Waals surface area (Å²) in [5.41, 5.74) is 0. The molecule has 0 aliphatic heterocycles. The molecule has 1 aliphatic rings. The van der Waals surface area contributed by atoms with E-state index in [9.17, 15) is 9.59 Å². The third-order valence-electron chi connectivity index (χ3n) is 2.72. The minimum absolute atomic E-state index is 0.164. The van der Waals surface area contributed by atoms with Crippen LogP contribution in [0.15, 0.2) is 0 Å². The minimum atomic E-state index is -1.03. The fourth-order valence-electron chi connectivity index (χ4n) is 1.92. The van der Waals surface area contributed by atoms with Gasteiger partial charge in [-0.3, -0.25) is 4.79 Å². The molecule has 0 aromatic heterocycles. The Bertz CT molecular complexity index is 260. The van der Waals surface area contributed by atoms with Crippen LogP contribution in [-0.2, 0) is 4.79 Å². The second kappa shape index (κ2) is 6.62. The van der Waals surface area contributed by atoms with E-state index >= 15 is 0 Å². The fraction of sp³-hybridized carbons (Fsp3) is 0.800. The van der Waals surface area contributed by atoms with Crippen molar-refractivity contribution in [2.45, 2.75) is 37.0 Å². The van der Waals surface area contributed by atoms with Crippen LogP contribution in [0, 0.1) is 0 Å². The molecule has 1 rings (SSSR count). The van der Waals surface area contributed by atoms with Crippen molar-refractivity contribution in [3.8, 4) is 0 Å². The largest absolute Gasteiger partial charge is 0.480 e. The molecule has 1 fully saturated rings. The number of nitrogens with one attached hydrogen (secondary N) is 2. The number of carboxylic acids is 1. The molecule has 0 spiro atoms. The summed E-state index contributed by atoms with van der Waals surface area (Å²) in [5, 5.41) is 14.0. The first-order valence-electron chi connectivity index (χ1n) is 5.42. The van der Waals surface area contributed by atoms with Crippen LogP contribution in [0.3, 0.4) is 0 Å². The number of hydrogen-bond acceptors (Lipinski definition) is 3. The highest BCUT2D eigenvalue weighted by Crippen LogP contribution is 2.26. The van der Waals surface area contributed by atoms with E-state index in [4.69, 9.17) is 5.11 Å². The summed E-state index contributed by atoms with van der Waals surface area (Å²) in [6, 6.07) is -0.217. The monoisotopic (exact) mass is 246 g/mol.